The number of anilines is 2. The minimum absolute atomic E-state index is 0.124. The lowest BCUT2D eigenvalue weighted by Gasteiger charge is -2.13. The molecular formula is C19H21N3O2. The Bertz CT molecular complexity index is 880. The quantitative estimate of drug-likeness (QED) is 0.768. The van der Waals surface area contributed by atoms with Gasteiger partial charge in [0, 0.05) is 42.6 Å². The molecule has 24 heavy (non-hydrogen) atoms. The molecule has 0 spiro atoms. The van der Waals surface area contributed by atoms with Crippen LogP contribution in [0.3, 0.4) is 0 Å². The van der Waals surface area contributed by atoms with Gasteiger partial charge in [0.15, 0.2) is 0 Å². The Labute approximate surface area is 141 Å². The van der Waals surface area contributed by atoms with Crippen molar-refractivity contribution in [3.05, 3.63) is 53.7 Å². The van der Waals surface area contributed by atoms with Crippen LogP contribution in [0.15, 0.2) is 42.5 Å². The third-order valence-electron chi connectivity index (χ3n) is 4.06. The number of aromatic nitrogens is 1. The summed E-state index contributed by atoms with van der Waals surface area (Å²) in [5, 5.41) is 3.85. The molecule has 0 aliphatic carbocycles. The van der Waals surface area contributed by atoms with Crippen molar-refractivity contribution in [1.29, 1.82) is 0 Å². The van der Waals surface area contributed by atoms with Crippen LogP contribution >= 0.6 is 0 Å². The third kappa shape index (κ3) is 2.93. The molecule has 0 unspecified atom stereocenters. The molecular weight excluding hydrogens is 302 g/mol. The highest BCUT2D eigenvalue weighted by atomic mass is 16.5. The number of nitrogens with one attached hydrogen (secondary N) is 2. The zero-order valence-electron chi connectivity index (χ0n) is 14.3. The summed E-state index contributed by atoms with van der Waals surface area (Å²) in [6, 6.07) is 13.4. The molecule has 0 aliphatic heterocycles. The van der Waals surface area contributed by atoms with E-state index in [1.165, 1.54) is 0 Å². The molecule has 124 valence electrons. The van der Waals surface area contributed by atoms with Crippen LogP contribution in [0.5, 0.6) is 5.75 Å². The lowest BCUT2D eigenvalue weighted by atomic mass is 10.1. The van der Waals surface area contributed by atoms with Gasteiger partial charge in [-0.05, 0) is 43.3 Å². The van der Waals surface area contributed by atoms with E-state index in [4.69, 9.17) is 4.74 Å². The zero-order chi connectivity index (χ0) is 17.3. The number of aryl methyl sites for hydroxylation is 1. The summed E-state index contributed by atoms with van der Waals surface area (Å²) in [5.41, 5.74) is 4.24. The van der Waals surface area contributed by atoms with Crippen molar-refractivity contribution in [2.75, 3.05) is 31.4 Å². The van der Waals surface area contributed by atoms with E-state index in [9.17, 15) is 4.79 Å². The van der Waals surface area contributed by atoms with E-state index >= 15 is 0 Å². The van der Waals surface area contributed by atoms with Crippen LogP contribution in [0, 0.1) is 6.92 Å². The number of benzene rings is 2. The monoisotopic (exact) mass is 323 g/mol. The van der Waals surface area contributed by atoms with Gasteiger partial charge in [-0.25, -0.2) is 0 Å². The third-order valence-corrected chi connectivity index (χ3v) is 4.06. The molecule has 2 aromatic carbocycles. The van der Waals surface area contributed by atoms with Crippen LogP contribution in [0.25, 0.3) is 10.9 Å². The topological polar surface area (TPSA) is 57.4 Å². The molecule has 0 atom stereocenters. The highest BCUT2D eigenvalue weighted by molar-refractivity contribution is 6.14. The van der Waals surface area contributed by atoms with Gasteiger partial charge in [-0.1, -0.05) is 0 Å². The number of fused-ring (bicyclic) bond motifs is 1. The van der Waals surface area contributed by atoms with Crippen molar-refractivity contribution >= 4 is 28.2 Å². The normalized spacial score (nSPS) is 10.7. The second kappa shape index (κ2) is 6.28. The number of rotatable bonds is 4. The van der Waals surface area contributed by atoms with Crippen LogP contribution in [0.4, 0.5) is 11.4 Å². The van der Waals surface area contributed by atoms with Crippen LogP contribution in [-0.4, -0.2) is 32.1 Å². The van der Waals surface area contributed by atoms with Crippen molar-refractivity contribution in [1.82, 2.24) is 4.98 Å². The van der Waals surface area contributed by atoms with Crippen molar-refractivity contribution in [2.45, 2.75) is 6.92 Å². The summed E-state index contributed by atoms with van der Waals surface area (Å²) in [5.74, 6) is 0.636. The fourth-order valence-electron chi connectivity index (χ4n) is 2.77. The average Bonchev–Trinajstić information content (AvgIpc) is 2.90. The van der Waals surface area contributed by atoms with Crippen LogP contribution in [0.1, 0.15) is 16.1 Å². The fourth-order valence-corrected chi connectivity index (χ4v) is 2.77. The number of nitrogens with zero attached hydrogens (tertiary/aromatic N) is 1. The second-order valence-electron chi connectivity index (χ2n) is 5.93. The summed E-state index contributed by atoms with van der Waals surface area (Å²) < 4.78 is 5.23. The minimum atomic E-state index is -0.124. The number of hydrogen-bond acceptors (Lipinski definition) is 3. The maximum absolute atomic E-state index is 12.7. The van der Waals surface area contributed by atoms with Gasteiger partial charge in [0.05, 0.1) is 18.2 Å². The van der Waals surface area contributed by atoms with Gasteiger partial charge >= 0.3 is 0 Å². The first-order valence-corrected chi connectivity index (χ1v) is 7.74. The predicted octanol–water partition coefficient (Wildman–Crippen LogP) is 3.80. The van der Waals surface area contributed by atoms with Gasteiger partial charge in [0.1, 0.15) is 5.75 Å². The highest BCUT2D eigenvalue weighted by Crippen LogP contribution is 2.27. The standard InChI is InChI=1S/C19H21N3O2/c1-12-18(16-10-9-15(24-4)11-17(16)20-12)19(23)21-13-5-7-14(8-6-13)22(2)3/h5-11,20H,1-4H3,(H,21,23). The number of hydrogen-bond donors (Lipinski definition) is 2. The Balaban J connectivity index is 1.89. The Hall–Kier alpha value is -2.95. The van der Waals surface area contributed by atoms with E-state index < -0.39 is 0 Å². The molecule has 0 bridgehead atoms. The summed E-state index contributed by atoms with van der Waals surface area (Å²) in [7, 11) is 5.59. The largest absolute Gasteiger partial charge is 0.497 e. The number of amides is 1. The van der Waals surface area contributed by atoms with Crippen molar-refractivity contribution in [3.8, 4) is 5.75 Å². The van der Waals surface area contributed by atoms with Gasteiger partial charge in [-0.15, -0.1) is 0 Å². The lowest BCUT2D eigenvalue weighted by Crippen LogP contribution is -2.13. The summed E-state index contributed by atoms with van der Waals surface area (Å²) in [6.45, 7) is 1.90. The first-order valence-electron chi connectivity index (χ1n) is 7.74. The van der Waals surface area contributed by atoms with E-state index in [0.717, 1.165) is 33.7 Å². The summed E-state index contributed by atoms with van der Waals surface area (Å²) >= 11 is 0. The van der Waals surface area contributed by atoms with Gasteiger partial charge in [0.2, 0.25) is 0 Å². The molecule has 0 aliphatic rings. The molecule has 0 fully saturated rings. The number of carbonyl (C=O) groups excluding carboxylic acids is 1. The number of aromatic amines is 1. The van der Waals surface area contributed by atoms with Gasteiger partial charge in [-0.2, -0.15) is 0 Å². The van der Waals surface area contributed by atoms with E-state index in [1.807, 2.05) is 68.4 Å². The van der Waals surface area contributed by atoms with Crippen LogP contribution in [-0.2, 0) is 0 Å². The molecule has 5 nitrogen and oxygen atoms in total. The van der Waals surface area contributed by atoms with E-state index in [2.05, 4.69) is 10.3 Å². The number of methoxy groups -OCH3 is 1. The highest BCUT2D eigenvalue weighted by Gasteiger charge is 2.16. The fraction of sp³-hybridized carbons (Fsp3) is 0.211. The molecule has 1 aromatic heterocycles. The molecule has 2 N–H and O–H groups in total. The van der Waals surface area contributed by atoms with Gasteiger partial charge in [-0.3, -0.25) is 4.79 Å². The number of H-pyrrole nitrogens is 1. The van der Waals surface area contributed by atoms with Crippen molar-refractivity contribution in [3.63, 3.8) is 0 Å². The molecule has 0 radical (unpaired) electrons. The molecule has 1 amide bonds. The van der Waals surface area contributed by atoms with Crippen molar-refractivity contribution < 1.29 is 9.53 Å². The van der Waals surface area contributed by atoms with Gasteiger partial charge < -0.3 is 19.9 Å². The molecule has 5 heteroatoms. The first kappa shape index (κ1) is 15.9. The number of carbonyl (C=O) groups is 1. The maximum Gasteiger partial charge on any atom is 0.258 e. The van der Waals surface area contributed by atoms with Crippen molar-refractivity contribution in [2.24, 2.45) is 0 Å². The minimum Gasteiger partial charge on any atom is -0.497 e. The predicted molar refractivity (Wildman–Crippen MR) is 98.3 cm³/mol. The Kier molecular flexibility index (Phi) is 4.16. The molecule has 1 heterocycles. The molecule has 3 rings (SSSR count). The van der Waals surface area contributed by atoms with E-state index in [1.54, 1.807) is 7.11 Å². The Morgan fingerprint density at radius 1 is 1.12 bits per heavy atom. The first-order chi connectivity index (χ1) is 11.5. The average molecular weight is 323 g/mol. The van der Waals surface area contributed by atoms with Crippen LogP contribution < -0.4 is 15.0 Å². The number of ether oxygens (including phenoxy) is 1. The lowest BCUT2D eigenvalue weighted by molar-refractivity contribution is 0.102. The molecule has 0 saturated heterocycles. The Morgan fingerprint density at radius 3 is 2.46 bits per heavy atom. The van der Waals surface area contributed by atoms with Crippen LogP contribution in [0.2, 0.25) is 0 Å². The molecule has 3 aromatic rings. The smallest absolute Gasteiger partial charge is 0.258 e. The van der Waals surface area contributed by atoms with E-state index in [0.29, 0.717) is 5.56 Å². The second-order valence-corrected chi connectivity index (χ2v) is 5.93. The summed E-state index contributed by atoms with van der Waals surface area (Å²) in [4.78, 5) is 18.0. The van der Waals surface area contributed by atoms with Gasteiger partial charge in [0.25, 0.3) is 5.91 Å². The SMILES string of the molecule is COc1ccc2c(C(=O)Nc3ccc(N(C)C)cc3)c(C)[nH]c2c1. The molecule has 0 saturated carbocycles. The zero-order valence-corrected chi connectivity index (χ0v) is 14.3. The summed E-state index contributed by atoms with van der Waals surface area (Å²) in [6.07, 6.45) is 0. The Morgan fingerprint density at radius 2 is 1.83 bits per heavy atom. The maximum atomic E-state index is 12.7. The van der Waals surface area contributed by atoms with E-state index in [-0.39, 0.29) is 5.91 Å².